The Morgan fingerprint density at radius 3 is 2.48 bits per heavy atom. The first kappa shape index (κ1) is 15.2. The Labute approximate surface area is 122 Å². The van der Waals surface area contributed by atoms with Crippen molar-refractivity contribution in [3.05, 3.63) is 52.8 Å². The van der Waals surface area contributed by atoms with E-state index in [0.29, 0.717) is 12.4 Å². The Morgan fingerprint density at radius 1 is 1.24 bits per heavy atom. The molecule has 2 heterocycles. The summed E-state index contributed by atoms with van der Waals surface area (Å²) >= 11 is 5.79. The minimum Gasteiger partial charge on any atom is -0.345 e. The van der Waals surface area contributed by atoms with Gasteiger partial charge in [-0.05, 0) is 6.07 Å². The fourth-order valence-corrected chi connectivity index (χ4v) is 1.61. The van der Waals surface area contributed by atoms with E-state index in [4.69, 9.17) is 11.6 Å². The van der Waals surface area contributed by atoms with E-state index in [0.717, 1.165) is 0 Å². The molecule has 0 radical (unpaired) electrons. The van der Waals surface area contributed by atoms with Crippen molar-refractivity contribution in [3.8, 4) is 0 Å². The first-order chi connectivity index (χ1) is 9.88. The molecule has 0 aliphatic rings. The Bertz CT molecular complexity index is 646. The predicted molar refractivity (Wildman–Crippen MR) is 67.5 cm³/mol. The van der Waals surface area contributed by atoms with Gasteiger partial charge < -0.3 is 5.32 Å². The lowest BCUT2D eigenvalue weighted by molar-refractivity contribution is -0.138. The number of pyridine rings is 1. The van der Waals surface area contributed by atoms with Crippen LogP contribution in [0, 0.1) is 0 Å². The van der Waals surface area contributed by atoms with Crippen molar-refractivity contribution >= 4 is 17.5 Å². The second kappa shape index (κ2) is 6.04. The number of nitrogens with zero attached hydrogens (tertiary/aromatic N) is 3. The average Bonchev–Trinajstić information content (AvgIpc) is 2.45. The van der Waals surface area contributed by atoms with Crippen molar-refractivity contribution in [1.82, 2.24) is 20.3 Å². The molecule has 0 bridgehead atoms. The van der Waals surface area contributed by atoms with Gasteiger partial charge in [-0.2, -0.15) is 13.2 Å². The smallest absolute Gasteiger partial charge is 0.345 e. The summed E-state index contributed by atoms with van der Waals surface area (Å²) < 4.78 is 37.0. The van der Waals surface area contributed by atoms with Crippen molar-refractivity contribution in [3.63, 3.8) is 0 Å². The minimum atomic E-state index is -4.49. The highest BCUT2D eigenvalue weighted by atomic mass is 35.5. The summed E-state index contributed by atoms with van der Waals surface area (Å²) in [7, 11) is 0. The Hall–Kier alpha value is -2.22. The summed E-state index contributed by atoms with van der Waals surface area (Å²) in [4.78, 5) is 22.6. The highest BCUT2D eigenvalue weighted by Gasteiger charge is 2.31. The summed E-state index contributed by atoms with van der Waals surface area (Å²) in [6, 6.07) is 1.42. The lowest BCUT2D eigenvalue weighted by Gasteiger charge is -2.07. The molecule has 0 atom stereocenters. The van der Waals surface area contributed by atoms with Crippen LogP contribution in [0.4, 0.5) is 13.2 Å². The van der Waals surface area contributed by atoms with Gasteiger partial charge in [0.25, 0.3) is 5.91 Å². The molecule has 0 fully saturated rings. The third-order valence-corrected chi connectivity index (χ3v) is 2.76. The van der Waals surface area contributed by atoms with Crippen LogP contribution in [0.25, 0.3) is 0 Å². The molecule has 5 nitrogen and oxygen atoms in total. The molecule has 0 aromatic carbocycles. The van der Waals surface area contributed by atoms with Gasteiger partial charge in [-0.1, -0.05) is 11.6 Å². The second-order valence-corrected chi connectivity index (χ2v) is 4.33. The van der Waals surface area contributed by atoms with Crippen LogP contribution < -0.4 is 5.32 Å². The lowest BCUT2D eigenvalue weighted by atomic mass is 10.2. The molecule has 21 heavy (non-hydrogen) atoms. The molecule has 0 aliphatic heterocycles. The molecular formula is C12H8ClF3N4O. The number of hydrogen-bond donors (Lipinski definition) is 1. The zero-order chi connectivity index (χ0) is 15.5. The molecule has 0 aliphatic carbocycles. The van der Waals surface area contributed by atoms with Crippen LogP contribution >= 0.6 is 11.6 Å². The van der Waals surface area contributed by atoms with Crippen molar-refractivity contribution in [2.75, 3.05) is 0 Å². The van der Waals surface area contributed by atoms with E-state index < -0.39 is 17.6 Å². The predicted octanol–water partition coefficient (Wildman–Crippen LogP) is 2.47. The molecule has 9 heteroatoms. The third-order valence-electron chi connectivity index (χ3n) is 2.46. The van der Waals surface area contributed by atoms with Crippen LogP contribution in [-0.2, 0) is 12.7 Å². The maximum atomic E-state index is 12.3. The highest BCUT2D eigenvalue weighted by molar-refractivity contribution is 6.33. The molecular weight excluding hydrogens is 309 g/mol. The number of halogens is 4. The SMILES string of the molecule is O=C(NCc1ncc(C(F)(F)F)cn1)c1ccncc1Cl. The molecule has 0 saturated heterocycles. The normalized spacial score (nSPS) is 11.2. The maximum Gasteiger partial charge on any atom is 0.419 e. The van der Waals surface area contributed by atoms with Crippen molar-refractivity contribution in [2.24, 2.45) is 0 Å². The number of amides is 1. The van der Waals surface area contributed by atoms with E-state index in [9.17, 15) is 18.0 Å². The van der Waals surface area contributed by atoms with Crippen LogP contribution in [0.2, 0.25) is 5.02 Å². The topological polar surface area (TPSA) is 67.8 Å². The molecule has 2 aromatic heterocycles. The van der Waals surface area contributed by atoms with Crippen molar-refractivity contribution in [2.45, 2.75) is 12.7 Å². The van der Waals surface area contributed by atoms with E-state index in [2.05, 4.69) is 20.3 Å². The zero-order valence-corrected chi connectivity index (χ0v) is 11.1. The summed E-state index contributed by atoms with van der Waals surface area (Å²) in [6.07, 6.45) is -0.464. The van der Waals surface area contributed by atoms with Gasteiger partial charge in [-0.15, -0.1) is 0 Å². The quantitative estimate of drug-likeness (QED) is 0.944. The van der Waals surface area contributed by atoms with Crippen LogP contribution in [0.1, 0.15) is 21.7 Å². The monoisotopic (exact) mass is 316 g/mol. The van der Waals surface area contributed by atoms with Gasteiger partial charge in [0.1, 0.15) is 5.82 Å². The zero-order valence-electron chi connectivity index (χ0n) is 10.4. The fraction of sp³-hybridized carbons (Fsp3) is 0.167. The first-order valence-corrected chi connectivity index (χ1v) is 6.01. The van der Waals surface area contributed by atoms with Crippen LogP contribution in [0.5, 0.6) is 0 Å². The molecule has 110 valence electrons. The second-order valence-electron chi connectivity index (χ2n) is 3.92. The third kappa shape index (κ3) is 3.88. The molecule has 2 aromatic rings. The Morgan fingerprint density at radius 2 is 1.90 bits per heavy atom. The van der Waals surface area contributed by atoms with E-state index in [1.54, 1.807) is 0 Å². The number of aromatic nitrogens is 3. The van der Waals surface area contributed by atoms with Gasteiger partial charge in [0.15, 0.2) is 0 Å². The number of rotatable bonds is 3. The summed E-state index contributed by atoms with van der Waals surface area (Å²) in [5, 5.41) is 2.63. The van der Waals surface area contributed by atoms with Crippen LogP contribution in [-0.4, -0.2) is 20.9 Å². The van der Waals surface area contributed by atoms with Gasteiger partial charge >= 0.3 is 6.18 Å². The number of hydrogen-bond acceptors (Lipinski definition) is 4. The van der Waals surface area contributed by atoms with E-state index in [1.165, 1.54) is 18.5 Å². The summed E-state index contributed by atoms with van der Waals surface area (Å²) in [5.74, 6) is -0.438. The lowest BCUT2D eigenvalue weighted by Crippen LogP contribution is -2.24. The highest BCUT2D eigenvalue weighted by Crippen LogP contribution is 2.27. The number of carbonyl (C=O) groups excluding carboxylic acids is 1. The van der Waals surface area contributed by atoms with Gasteiger partial charge in [-0.25, -0.2) is 9.97 Å². The van der Waals surface area contributed by atoms with Gasteiger partial charge in [0, 0.05) is 24.8 Å². The largest absolute Gasteiger partial charge is 0.419 e. The fourth-order valence-electron chi connectivity index (χ4n) is 1.41. The molecule has 2 rings (SSSR count). The van der Waals surface area contributed by atoms with E-state index in [-0.39, 0.29) is 23.0 Å². The number of nitrogens with one attached hydrogen (secondary N) is 1. The van der Waals surface area contributed by atoms with Crippen molar-refractivity contribution < 1.29 is 18.0 Å². The van der Waals surface area contributed by atoms with Crippen LogP contribution in [0.3, 0.4) is 0 Å². The number of alkyl halides is 3. The standard InChI is InChI=1S/C12H8ClF3N4O/c13-9-5-17-2-1-8(9)11(21)20-6-10-18-3-7(4-19-10)12(14,15)16/h1-5H,6H2,(H,20,21). The van der Waals surface area contributed by atoms with Gasteiger partial charge in [-0.3, -0.25) is 9.78 Å². The molecule has 0 saturated carbocycles. The Balaban J connectivity index is 2.00. The number of carbonyl (C=O) groups is 1. The molecule has 1 N–H and O–H groups in total. The average molecular weight is 317 g/mol. The van der Waals surface area contributed by atoms with Crippen molar-refractivity contribution in [1.29, 1.82) is 0 Å². The van der Waals surface area contributed by atoms with E-state index in [1.807, 2.05) is 0 Å². The summed E-state index contributed by atoms with van der Waals surface area (Å²) in [5.41, 5.74) is -0.742. The maximum absolute atomic E-state index is 12.3. The van der Waals surface area contributed by atoms with Gasteiger partial charge in [0.05, 0.1) is 22.7 Å². The minimum absolute atomic E-state index is 0.0570. The molecule has 0 spiro atoms. The van der Waals surface area contributed by atoms with E-state index >= 15 is 0 Å². The Kier molecular flexibility index (Phi) is 4.37. The van der Waals surface area contributed by atoms with Gasteiger partial charge in [0.2, 0.25) is 0 Å². The molecule has 1 amide bonds. The first-order valence-electron chi connectivity index (χ1n) is 5.64. The summed E-state index contributed by atoms with van der Waals surface area (Å²) in [6.45, 7) is -0.115. The molecule has 0 unspecified atom stereocenters. The van der Waals surface area contributed by atoms with Crippen LogP contribution in [0.15, 0.2) is 30.9 Å².